The molecule has 0 aliphatic heterocycles. The maximum absolute atomic E-state index is 14.3. The van der Waals surface area contributed by atoms with Crippen molar-refractivity contribution < 1.29 is 8.78 Å². The number of imidazole rings is 1. The van der Waals surface area contributed by atoms with E-state index in [-0.39, 0.29) is 5.56 Å². The van der Waals surface area contributed by atoms with Crippen LogP contribution in [0.5, 0.6) is 0 Å². The lowest BCUT2D eigenvalue weighted by Crippen LogP contribution is -2.24. The number of rotatable bonds is 6. The molecule has 0 aliphatic rings. The van der Waals surface area contributed by atoms with Gasteiger partial charge >= 0.3 is 0 Å². The Morgan fingerprint density at radius 3 is 2.65 bits per heavy atom. The summed E-state index contributed by atoms with van der Waals surface area (Å²) < 4.78 is 31.8. The van der Waals surface area contributed by atoms with E-state index in [0.29, 0.717) is 18.8 Å². The third kappa shape index (κ3) is 3.41. The van der Waals surface area contributed by atoms with E-state index >= 15 is 0 Å². The molecule has 0 saturated carbocycles. The van der Waals surface area contributed by atoms with Crippen molar-refractivity contribution in [3.05, 3.63) is 59.9 Å². The van der Waals surface area contributed by atoms with E-state index < -0.39 is 12.5 Å². The molecule has 6 nitrogen and oxygen atoms in total. The molecule has 0 atom stereocenters. The van der Waals surface area contributed by atoms with Crippen LogP contribution in [0, 0.1) is 6.92 Å². The lowest BCUT2D eigenvalue weighted by atomic mass is 10.1. The van der Waals surface area contributed by atoms with Crippen molar-refractivity contribution in [1.82, 2.24) is 29.8 Å². The molecule has 120 valence electrons. The molecule has 0 fully saturated rings. The first-order valence-corrected chi connectivity index (χ1v) is 7.22. The summed E-state index contributed by atoms with van der Waals surface area (Å²) in [4.78, 5) is 4.12. The summed E-state index contributed by atoms with van der Waals surface area (Å²) in [6, 6.07) is 7.68. The van der Waals surface area contributed by atoms with Crippen molar-refractivity contribution in [2.75, 3.05) is 0 Å². The second kappa shape index (κ2) is 6.23. The van der Waals surface area contributed by atoms with Crippen LogP contribution in [0.15, 0.2) is 42.7 Å². The lowest BCUT2D eigenvalue weighted by Gasteiger charge is -2.17. The van der Waals surface area contributed by atoms with E-state index in [1.54, 1.807) is 24.4 Å². The van der Waals surface area contributed by atoms with Crippen molar-refractivity contribution in [2.24, 2.45) is 0 Å². The maximum Gasteiger partial charge on any atom is 0.292 e. The molecular weight excluding hydrogens is 302 g/mol. The van der Waals surface area contributed by atoms with Gasteiger partial charge in [0.25, 0.3) is 5.92 Å². The second-order valence-electron chi connectivity index (χ2n) is 5.24. The van der Waals surface area contributed by atoms with Crippen molar-refractivity contribution in [3.63, 3.8) is 0 Å². The molecule has 0 amide bonds. The lowest BCUT2D eigenvalue weighted by molar-refractivity contribution is -0.0266. The van der Waals surface area contributed by atoms with Gasteiger partial charge in [-0.2, -0.15) is 8.78 Å². The van der Waals surface area contributed by atoms with Crippen LogP contribution < -0.4 is 0 Å². The Balaban J connectivity index is 1.72. The summed E-state index contributed by atoms with van der Waals surface area (Å²) in [6.45, 7) is 1.89. The van der Waals surface area contributed by atoms with E-state index in [0.717, 1.165) is 5.82 Å². The second-order valence-corrected chi connectivity index (χ2v) is 5.24. The molecule has 3 rings (SSSR count). The van der Waals surface area contributed by atoms with Crippen LogP contribution in [0.25, 0.3) is 0 Å². The largest absolute Gasteiger partial charge is 0.335 e. The van der Waals surface area contributed by atoms with Gasteiger partial charge in [0.1, 0.15) is 12.4 Å². The third-order valence-corrected chi connectivity index (χ3v) is 3.65. The fraction of sp³-hybridized carbons (Fsp3) is 0.333. The Kier molecular flexibility index (Phi) is 4.14. The van der Waals surface area contributed by atoms with E-state index in [2.05, 4.69) is 20.5 Å². The Labute approximate surface area is 131 Å². The Hall–Kier alpha value is -2.64. The molecule has 2 heterocycles. The van der Waals surface area contributed by atoms with E-state index in [4.69, 9.17) is 0 Å². The van der Waals surface area contributed by atoms with Crippen molar-refractivity contribution in [1.29, 1.82) is 0 Å². The van der Waals surface area contributed by atoms with Gasteiger partial charge in [-0.15, -0.1) is 5.10 Å². The van der Waals surface area contributed by atoms with Crippen LogP contribution >= 0.6 is 0 Å². The zero-order valence-electron chi connectivity index (χ0n) is 12.6. The molecule has 0 saturated heterocycles. The minimum atomic E-state index is -3.03. The van der Waals surface area contributed by atoms with Crippen LogP contribution in [-0.4, -0.2) is 29.8 Å². The van der Waals surface area contributed by atoms with E-state index in [9.17, 15) is 8.78 Å². The van der Waals surface area contributed by atoms with Crippen molar-refractivity contribution >= 4 is 0 Å². The number of nitrogens with zero attached hydrogens (tertiary/aromatic N) is 6. The van der Waals surface area contributed by atoms with Gasteiger partial charge < -0.3 is 4.57 Å². The molecule has 0 N–H and O–H groups in total. The molecule has 0 bridgehead atoms. The molecule has 0 spiro atoms. The molecule has 2 aromatic heterocycles. The number of hydrogen-bond acceptors (Lipinski definition) is 4. The van der Waals surface area contributed by atoms with E-state index in [1.807, 2.05) is 17.7 Å². The number of aromatic nitrogens is 6. The number of aryl methyl sites for hydroxylation is 3. The first-order chi connectivity index (χ1) is 11.1. The summed E-state index contributed by atoms with van der Waals surface area (Å²) in [7, 11) is 0. The smallest absolute Gasteiger partial charge is 0.292 e. The van der Waals surface area contributed by atoms with Crippen molar-refractivity contribution in [2.45, 2.75) is 32.4 Å². The first kappa shape index (κ1) is 15.3. The third-order valence-electron chi connectivity index (χ3n) is 3.65. The SMILES string of the molecule is Cc1nccn1CCc1nnnn1CC(F)(F)c1ccccc1. The Bertz CT molecular complexity index is 765. The van der Waals surface area contributed by atoms with Crippen LogP contribution in [0.4, 0.5) is 8.78 Å². The maximum atomic E-state index is 14.3. The van der Waals surface area contributed by atoms with Crippen LogP contribution in [0.1, 0.15) is 17.2 Å². The van der Waals surface area contributed by atoms with Gasteiger partial charge in [0.15, 0.2) is 5.82 Å². The monoisotopic (exact) mass is 318 g/mol. The van der Waals surface area contributed by atoms with Crippen LogP contribution in [0.2, 0.25) is 0 Å². The summed E-state index contributed by atoms with van der Waals surface area (Å²) in [6.07, 6.45) is 3.99. The zero-order valence-corrected chi connectivity index (χ0v) is 12.6. The van der Waals surface area contributed by atoms with Gasteiger partial charge in [-0.3, -0.25) is 0 Å². The molecule has 0 unspecified atom stereocenters. The number of hydrogen-bond donors (Lipinski definition) is 0. The normalized spacial score (nSPS) is 11.8. The molecule has 0 radical (unpaired) electrons. The van der Waals surface area contributed by atoms with Gasteiger partial charge in [0, 0.05) is 30.9 Å². The summed E-state index contributed by atoms with van der Waals surface area (Å²) in [5.74, 6) is -1.75. The standard InChI is InChI=1S/C15H16F2N6/c1-12-18-8-10-22(12)9-7-14-19-20-21-23(14)11-15(16,17)13-5-3-2-4-6-13/h2-6,8,10H,7,9,11H2,1H3. The number of halogens is 2. The van der Waals surface area contributed by atoms with Crippen LogP contribution in [0.3, 0.4) is 0 Å². The molecule has 0 aliphatic carbocycles. The van der Waals surface area contributed by atoms with E-state index in [1.165, 1.54) is 16.8 Å². The zero-order chi connectivity index (χ0) is 16.3. The highest BCUT2D eigenvalue weighted by Crippen LogP contribution is 2.29. The van der Waals surface area contributed by atoms with Gasteiger partial charge in [0.05, 0.1) is 0 Å². The summed E-state index contributed by atoms with van der Waals surface area (Å²) in [5.41, 5.74) is -0.0492. The molecular formula is C15H16F2N6. The fourth-order valence-corrected chi connectivity index (χ4v) is 2.35. The van der Waals surface area contributed by atoms with Crippen LogP contribution in [-0.2, 0) is 25.4 Å². The topological polar surface area (TPSA) is 61.4 Å². The summed E-state index contributed by atoms with van der Waals surface area (Å²) >= 11 is 0. The molecule has 8 heteroatoms. The molecule has 1 aromatic carbocycles. The highest BCUT2D eigenvalue weighted by Gasteiger charge is 2.33. The van der Waals surface area contributed by atoms with Crippen molar-refractivity contribution in [3.8, 4) is 0 Å². The minimum Gasteiger partial charge on any atom is -0.335 e. The van der Waals surface area contributed by atoms with Gasteiger partial charge in [-0.1, -0.05) is 30.3 Å². The predicted molar refractivity (Wildman–Crippen MR) is 78.8 cm³/mol. The average Bonchev–Trinajstić information content (AvgIpc) is 3.15. The van der Waals surface area contributed by atoms with Gasteiger partial charge in [-0.05, 0) is 17.4 Å². The average molecular weight is 318 g/mol. The van der Waals surface area contributed by atoms with Gasteiger partial charge in [0.2, 0.25) is 0 Å². The first-order valence-electron chi connectivity index (χ1n) is 7.22. The Morgan fingerprint density at radius 1 is 1.17 bits per heavy atom. The highest BCUT2D eigenvalue weighted by atomic mass is 19.3. The predicted octanol–water partition coefficient (Wildman–Crippen LogP) is 2.21. The minimum absolute atomic E-state index is 0.0492. The summed E-state index contributed by atoms with van der Waals surface area (Å²) in [5, 5.41) is 11.1. The van der Waals surface area contributed by atoms with Gasteiger partial charge in [-0.25, -0.2) is 9.67 Å². The highest BCUT2D eigenvalue weighted by molar-refractivity contribution is 5.19. The quantitative estimate of drug-likeness (QED) is 0.699. The number of benzene rings is 1. The molecule has 3 aromatic rings. The number of alkyl halides is 2. The fourth-order valence-electron chi connectivity index (χ4n) is 2.35. The Morgan fingerprint density at radius 2 is 1.96 bits per heavy atom. The molecule has 23 heavy (non-hydrogen) atoms. The number of tetrazole rings is 1.